The van der Waals surface area contributed by atoms with Gasteiger partial charge in [0.2, 0.25) is 0 Å². The van der Waals surface area contributed by atoms with Gasteiger partial charge in [-0.05, 0) is 42.2 Å². The van der Waals surface area contributed by atoms with Gasteiger partial charge in [-0.2, -0.15) is 5.26 Å². The molecule has 1 aliphatic rings. The second-order valence-corrected chi connectivity index (χ2v) is 5.90. The average molecular weight is 339 g/mol. The molecule has 2 N–H and O–H groups in total. The van der Waals surface area contributed by atoms with Gasteiger partial charge < -0.3 is 15.3 Å². The largest absolute Gasteiger partial charge is 0.395 e. The molecule has 0 fully saturated rings. The highest BCUT2D eigenvalue weighted by molar-refractivity contribution is 5.91. The van der Waals surface area contributed by atoms with Crippen molar-refractivity contribution in [3.05, 3.63) is 65.0 Å². The third-order valence-corrected chi connectivity index (χ3v) is 4.42. The summed E-state index contributed by atoms with van der Waals surface area (Å²) in [4.78, 5) is 14.3. The van der Waals surface area contributed by atoms with Gasteiger partial charge in [-0.3, -0.25) is 0 Å². The van der Waals surface area contributed by atoms with Crippen LogP contribution in [0.4, 0.5) is 14.9 Å². The summed E-state index contributed by atoms with van der Waals surface area (Å²) in [6, 6.07) is 12.9. The van der Waals surface area contributed by atoms with Crippen LogP contribution in [0.1, 0.15) is 29.2 Å². The highest BCUT2D eigenvalue weighted by Crippen LogP contribution is 2.35. The number of aliphatic hydroxyl groups is 1. The number of anilines is 1. The van der Waals surface area contributed by atoms with Crippen LogP contribution in [0.15, 0.2) is 42.5 Å². The van der Waals surface area contributed by atoms with Gasteiger partial charge in [-0.1, -0.05) is 24.3 Å². The van der Waals surface area contributed by atoms with Gasteiger partial charge in [-0.15, -0.1) is 0 Å². The lowest BCUT2D eigenvalue weighted by Gasteiger charge is -2.29. The predicted octanol–water partition coefficient (Wildman–Crippen LogP) is 3.21. The summed E-state index contributed by atoms with van der Waals surface area (Å²) in [5, 5.41) is 21.2. The van der Waals surface area contributed by atoms with Gasteiger partial charge in [0.15, 0.2) is 0 Å². The van der Waals surface area contributed by atoms with E-state index in [1.165, 1.54) is 17.7 Å². The Labute approximate surface area is 145 Å². The van der Waals surface area contributed by atoms with E-state index in [-0.39, 0.29) is 30.4 Å². The third kappa shape index (κ3) is 3.47. The van der Waals surface area contributed by atoms with Gasteiger partial charge >= 0.3 is 6.03 Å². The standard InChI is InChI=1S/C19H18FN3O2/c20-15-6-7-17(14(11-15)12-21)22-19(25)23(9-10-24)18-8-5-13-3-1-2-4-16(13)18/h1-4,6-7,11,18,24H,5,8-10H2,(H,22,25)/t18-/m1/s1. The van der Waals surface area contributed by atoms with Crippen LogP contribution in [-0.2, 0) is 6.42 Å². The number of nitriles is 1. The fourth-order valence-corrected chi connectivity index (χ4v) is 3.27. The second-order valence-electron chi connectivity index (χ2n) is 5.90. The van der Waals surface area contributed by atoms with Crippen molar-refractivity contribution in [1.82, 2.24) is 4.90 Å². The number of aryl methyl sites for hydroxylation is 1. The number of hydrogen-bond acceptors (Lipinski definition) is 3. The molecule has 6 heteroatoms. The first-order chi connectivity index (χ1) is 12.1. The zero-order valence-corrected chi connectivity index (χ0v) is 13.6. The number of fused-ring (bicyclic) bond motifs is 1. The minimum absolute atomic E-state index is 0.0594. The molecule has 2 aromatic carbocycles. The van der Waals surface area contributed by atoms with Gasteiger partial charge in [0, 0.05) is 6.54 Å². The normalized spacial score (nSPS) is 15.3. The van der Waals surface area contributed by atoms with E-state index >= 15 is 0 Å². The summed E-state index contributed by atoms with van der Waals surface area (Å²) < 4.78 is 13.3. The number of nitrogens with zero attached hydrogens (tertiary/aromatic N) is 2. The molecule has 0 saturated heterocycles. The van der Waals surface area contributed by atoms with Crippen molar-refractivity contribution in [2.75, 3.05) is 18.5 Å². The maximum absolute atomic E-state index is 13.3. The van der Waals surface area contributed by atoms with Crippen LogP contribution in [0.5, 0.6) is 0 Å². The molecule has 0 spiro atoms. The van der Waals surface area contributed by atoms with Crippen LogP contribution in [0.2, 0.25) is 0 Å². The smallest absolute Gasteiger partial charge is 0.322 e. The summed E-state index contributed by atoms with van der Waals surface area (Å²) in [7, 11) is 0. The number of benzene rings is 2. The van der Waals surface area contributed by atoms with Crippen molar-refractivity contribution < 1.29 is 14.3 Å². The number of halogens is 1. The lowest BCUT2D eigenvalue weighted by molar-refractivity contribution is 0.162. The summed E-state index contributed by atoms with van der Waals surface area (Å²) in [5.41, 5.74) is 2.58. The van der Waals surface area contributed by atoms with Crippen LogP contribution in [0.3, 0.4) is 0 Å². The van der Waals surface area contributed by atoms with E-state index in [0.29, 0.717) is 0 Å². The highest BCUT2D eigenvalue weighted by atomic mass is 19.1. The molecule has 1 atom stereocenters. The van der Waals surface area contributed by atoms with Crippen LogP contribution in [0, 0.1) is 17.1 Å². The summed E-state index contributed by atoms with van der Waals surface area (Å²) in [6.07, 6.45) is 1.65. The minimum Gasteiger partial charge on any atom is -0.395 e. The SMILES string of the molecule is N#Cc1cc(F)ccc1NC(=O)N(CCO)[C@@H]1CCc2ccccc21. The molecular weight excluding hydrogens is 321 g/mol. The predicted molar refractivity (Wildman–Crippen MR) is 91.4 cm³/mol. The zero-order chi connectivity index (χ0) is 17.8. The van der Waals surface area contributed by atoms with E-state index < -0.39 is 11.8 Å². The fourth-order valence-electron chi connectivity index (χ4n) is 3.27. The molecule has 25 heavy (non-hydrogen) atoms. The number of nitrogens with one attached hydrogen (secondary N) is 1. The molecule has 1 aliphatic carbocycles. The number of carbonyl (C=O) groups excluding carboxylic acids is 1. The number of hydrogen-bond donors (Lipinski definition) is 2. The van der Waals surface area contributed by atoms with E-state index in [1.54, 1.807) is 4.90 Å². The molecule has 0 radical (unpaired) electrons. The van der Waals surface area contributed by atoms with Crippen molar-refractivity contribution in [2.24, 2.45) is 0 Å². The topological polar surface area (TPSA) is 76.4 Å². The molecule has 5 nitrogen and oxygen atoms in total. The number of rotatable bonds is 4. The van der Waals surface area contributed by atoms with Crippen LogP contribution in [0.25, 0.3) is 0 Å². The Morgan fingerprint density at radius 3 is 2.92 bits per heavy atom. The Bertz CT molecular complexity index is 832. The third-order valence-electron chi connectivity index (χ3n) is 4.42. The molecular formula is C19H18FN3O2. The summed E-state index contributed by atoms with van der Waals surface area (Å²) in [5.74, 6) is -0.536. The first kappa shape index (κ1) is 16.9. The number of aliphatic hydroxyl groups excluding tert-OH is 1. The van der Waals surface area contributed by atoms with E-state index in [2.05, 4.69) is 5.32 Å². The molecule has 128 valence electrons. The van der Waals surface area contributed by atoms with Crippen molar-refractivity contribution in [2.45, 2.75) is 18.9 Å². The lowest BCUT2D eigenvalue weighted by atomic mass is 10.1. The molecule has 2 aromatic rings. The average Bonchev–Trinajstić information content (AvgIpc) is 3.04. The molecule has 0 bridgehead atoms. The second kappa shape index (κ2) is 7.32. The van der Waals surface area contributed by atoms with E-state index in [0.717, 1.165) is 24.5 Å². The Hall–Kier alpha value is -2.91. The highest BCUT2D eigenvalue weighted by Gasteiger charge is 2.30. The molecule has 0 unspecified atom stereocenters. The van der Waals surface area contributed by atoms with Gasteiger partial charge in [-0.25, -0.2) is 9.18 Å². The Balaban J connectivity index is 1.85. The van der Waals surface area contributed by atoms with Gasteiger partial charge in [0.25, 0.3) is 0 Å². The van der Waals surface area contributed by atoms with Gasteiger partial charge in [0.05, 0.1) is 23.9 Å². The zero-order valence-electron chi connectivity index (χ0n) is 13.6. The number of amides is 2. The van der Waals surface area contributed by atoms with Crippen LogP contribution in [-0.4, -0.2) is 29.2 Å². The maximum Gasteiger partial charge on any atom is 0.322 e. The molecule has 0 aliphatic heterocycles. The Morgan fingerprint density at radius 1 is 1.36 bits per heavy atom. The van der Waals surface area contributed by atoms with E-state index in [9.17, 15) is 14.3 Å². The summed E-state index contributed by atoms with van der Waals surface area (Å²) >= 11 is 0. The van der Waals surface area contributed by atoms with Crippen molar-refractivity contribution >= 4 is 11.7 Å². The van der Waals surface area contributed by atoms with Crippen molar-refractivity contribution in [3.63, 3.8) is 0 Å². The fraction of sp³-hybridized carbons (Fsp3) is 0.263. The molecule has 0 aromatic heterocycles. The maximum atomic E-state index is 13.3. The number of carbonyl (C=O) groups is 1. The number of urea groups is 1. The monoisotopic (exact) mass is 339 g/mol. The van der Waals surface area contributed by atoms with E-state index in [1.807, 2.05) is 30.3 Å². The summed E-state index contributed by atoms with van der Waals surface area (Å²) in [6.45, 7) is 0.00846. The molecule has 0 heterocycles. The molecule has 0 saturated carbocycles. The van der Waals surface area contributed by atoms with Crippen molar-refractivity contribution in [3.8, 4) is 6.07 Å². The lowest BCUT2D eigenvalue weighted by Crippen LogP contribution is -2.39. The molecule has 2 amide bonds. The quantitative estimate of drug-likeness (QED) is 0.898. The first-order valence-electron chi connectivity index (χ1n) is 8.10. The Kier molecular flexibility index (Phi) is 4.96. The first-order valence-corrected chi connectivity index (χ1v) is 8.10. The van der Waals surface area contributed by atoms with E-state index in [4.69, 9.17) is 5.26 Å². The van der Waals surface area contributed by atoms with Crippen LogP contribution < -0.4 is 5.32 Å². The van der Waals surface area contributed by atoms with Gasteiger partial charge in [0.1, 0.15) is 11.9 Å². The van der Waals surface area contributed by atoms with Crippen molar-refractivity contribution in [1.29, 1.82) is 5.26 Å². The van der Waals surface area contributed by atoms with Crippen LogP contribution >= 0.6 is 0 Å². The minimum atomic E-state index is -0.536. The molecule has 3 rings (SSSR count). The Morgan fingerprint density at radius 2 is 2.16 bits per heavy atom.